The van der Waals surface area contributed by atoms with Crippen molar-refractivity contribution in [1.29, 1.82) is 5.41 Å². The third-order valence-electron chi connectivity index (χ3n) is 3.71. The normalized spacial score (nSPS) is 17.1. The molecule has 0 aromatic carbocycles. The van der Waals surface area contributed by atoms with Crippen LogP contribution in [0.5, 0.6) is 0 Å². The average molecular weight is 280 g/mol. The van der Waals surface area contributed by atoms with Crippen LogP contribution < -0.4 is 0 Å². The van der Waals surface area contributed by atoms with Gasteiger partial charge in [0, 0.05) is 23.4 Å². The molecule has 0 saturated carbocycles. The van der Waals surface area contributed by atoms with Gasteiger partial charge in [-0.15, -0.1) is 0 Å². The Balaban J connectivity index is 2.23. The summed E-state index contributed by atoms with van der Waals surface area (Å²) in [5, 5.41) is 8.47. The Kier molecular flexibility index (Phi) is 4.24. The van der Waals surface area contributed by atoms with E-state index in [1.54, 1.807) is 0 Å². The minimum absolute atomic E-state index is 0.288. The van der Waals surface area contributed by atoms with E-state index < -0.39 is 0 Å². The Morgan fingerprint density at radius 3 is 2.79 bits per heavy atom. The zero-order valence-electron chi connectivity index (χ0n) is 12.0. The van der Waals surface area contributed by atoms with Gasteiger partial charge in [0.15, 0.2) is 0 Å². The predicted molar refractivity (Wildman–Crippen MR) is 79.2 cm³/mol. The monoisotopic (exact) mass is 279 g/mol. The van der Waals surface area contributed by atoms with E-state index in [1.807, 2.05) is 0 Å². The maximum absolute atomic E-state index is 7.88. The van der Waals surface area contributed by atoms with Gasteiger partial charge in [0.25, 0.3) is 0 Å². The molecule has 0 atom stereocenters. The highest BCUT2D eigenvalue weighted by Gasteiger charge is 2.28. The van der Waals surface area contributed by atoms with Crippen molar-refractivity contribution in [2.45, 2.75) is 59.3 Å². The average Bonchev–Trinajstić information content (AvgIpc) is 2.30. The number of nitrogens with zero attached hydrogens (tertiary/aromatic N) is 2. The van der Waals surface area contributed by atoms with Gasteiger partial charge in [0.05, 0.1) is 0 Å². The highest BCUT2D eigenvalue weighted by molar-refractivity contribution is 6.30. The lowest BCUT2D eigenvalue weighted by Gasteiger charge is -2.31. The summed E-state index contributed by atoms with van der Waals surface area (Å²) in [6.45, 7) is 6.60. The van der Waals surface area contributed by atoms with Crippen molar-refractivity contribution >= 4 is 17.3 Å². The van der Waals surface area contributed by atoms with Crippen LogP contribution in [0.2, 0.25) is 5.15 Å². The Morgan fingerprint density at radius 2 is 2.11 bits per heavy atom. The van der Waals surface area contributed by atoms with Gasteiger partial charge in [0.1, 0.15) is 11.0 Å². The van der Waals surface area contributed by atoms with E-state index in [0.717, 1.165) is 43.4 Å². The van der Waals surface area contributed by atoms with Crippen LogP contribution in [0.1, 0.15) is 57.1 Å². The van der Waals surface area contributed by atoms with Gasteiger partial charge in [-0.3, -0.25) is 0 Å². The lowest BCUT2D eigenvalue weighted by atomic mass is 9.76. The summed E-state index contributed by atoms with van der Waals surface area (Å²) in [6.07, 6.45) is 5.40. The molecule has 0 amide bonds. The fraction of sp³-hybridized carbons (Fsp3) is 0.667. The van der Waals surface area contributed by atoms with Crippen molar-refractivity contribution in [3.05, 3.63) is 22.2 Å². The van der Waals surface area contributed by atoms with E-state index in [-0.39, 0.29) is 5.41 Å². The first kappa shape index (κ1) is 14.4. The molecular formula is C15H22ClN3. The van der Waals surface area contributed by atoms with E-state index in [0.29, 0.717) is 23.1 Å². The smallest absolute Gasteiger partial charge is 0.136 e. The largest absolute Gasteiger partial charge is 0.309 e. The van der Waals surface area contributed by atoms with Crippen molar-refractivity contribution in [1.82, 2.24) is 9.97 Å². The molecule has 19 heavy (non-hydrogen) atoms. The molecule has 0 saturated heterocycles. The molecule has 1 aliphatic rings. The zero-order valence-corrected chi connectivity index (χ0v) is 12.8. The summed E-state index contributed by atoms with van der Waals surface area (Å²) < 4.78 is 0. The minimum atomic E-state index is 0.288. The molecule has 0 radical (unpaired) electrons. The first-order valence-electron chi connectivity index (χ1n) is 7.02. The second-order valence-corrected chi connectivity index (χ2v) is 6.59. The molecule has 1 N–H and O–H groups in total. The fourth-order valence-corrected chi connectivity index (χ4v) is 2.89. The minimum Gasteiger partial charge on any atom is -0.309 e. The van der Waals surface area contributed by atoms with Crippen LogP contribution in [0.25, 0.3) is 0 Å². The van der Waals surface area contributed by atoms with Crippen LogP contribution in [0, 0.1) is 10.8 Å². The summed E-state index contributed by atoms with van der Waals surface area (Å²) in [6, 6.07) is 0. The number of nitrogens with one attached hydrogen (secondary N) is 1. The van der Waals surface area contributed by atoms with Crippen LogP contribution >= 0.6 is 11.6 Å². The number of hydrogen-bond acceptors (Lipinski definition) is 3. The third kappa shape index (κ3) is 3.53. The number of halogens is 1. The molecule has 104 valence electrons. The second kappa shape index (κ2) is 5.58. The summed E-state index contributed by atoms with van der Waals surface area (Å²) in [5.74, 6) is 0.710. The van der Waals surface area contributed by atoms with Crippen molar-refractivity contribution in [3.8, 4) is 0 Å². The quantitative estimate of drug-likeness (QED) is 0.669. The third-order valence-corrected chi connectivity index (χ3v) is 4.02. The summed E-state index contributed by atoms with van der Waals surface area (Å²) in [5.41, 5.74) is 3.19. The molecule has 1 aliphatic carbocycles. The highest BCUT2D eigenvalue weighted by atomic mass is 35.5. The van der Waals surface area contributed by atoms with E-state index in [1.165, 1.54) is 0 Å². The van der Waals surface area contributed by atoms with Crippen LogP contribution in [0.3, 0.4) is 0 Å². The van der Waals surface area contributed by atoms with Crippen LogP contribution in [-0.4, -0.2) is 15.7 Å². The Bertz CT molecular complexity index is 494. The molecule has 3 nitrogen and oxygen atoms in total. The van der Waals surface area contributed by atoms with Gasteiger partial charge in [-0.1, -0.05) is 38.8 Å². The first-order valence-corrected chi connectivity index (χ1v) is 7.39. The van der Waals surface area contributed by atoms with E-state index in [2.05, 4.69) is 30.7 Å². The Labute approximate surface area is 120 Å². The van der Waals surface area contributed by atoms with Crippen molar-refractivity contribution in [3.63, 3.8) is 0 Å². The zero-order chi connectivity index (χ0) is 14.0. The Hall–Kier alpha value is -0.960. The maximum atomic E-state index is 7.88. The molecule has 1 aromatic heterocycles. The highest BCUT2D eigenvalue weighted by Crippen LogP contribution is 2.36. The van der Waals surface area contributed by atoms with E-state index in [4.69, 9.17) is 17.0 Å². The van der Waals surface area contributed by atoms with Crippen molar-refractivity contribution in [2.24, 2.45) is 5.41 Å². The van der Waals surface area contributed by atoms with Crippen LogP contribution in [-0.2, 0) is 19.3 Å². The second-order valence-electron chi connectivity index (χ2n) is 6.23. The molecular weight excluding hydrogens is 258 g/mol. The molecule has 2 rings (SSSR count). The fourth-order valence-electron chi connectivity index (χ4n) is 2.61. The van der Waals surface area contributed by atoms with E-state index >= 15 is 0 Å². The molecule has 1 heterocycles. The SMILES string of the molecule is CCCC(=N)Cc1nc(Cl)c2c(n1)CCC(C)(C)C2. The van der Waals surface area contributed by atoms with Crippen molar-refractivity contribution < 1.29 is 0 Å². The summed E-state index contributed by atoms with van der Waals surface area (Å²) >= 11 is 6.31. The molecule has 1 aromatic rings. The molecule has 4 heteroatoms. The van der Waals surface area contributed by atoms with Gasteiger partial charge in [-0.25, -0.2) is 9.97 Å². The number of aromatic nitrogens is 2. The molecule has 0 aliphatic heterocycles. The molecule has 0 bridgehead atoms. The van der Waals surface area contributed by atoms with Gasteiger partial charge in [0.2, 0.25) is 0 Å². The number of aryl methyl sites for hydroxylation is 1. The lowest BCUT2D eigenvalue weighted by molar-refractivity contribution is 0.311. The van der Waals surface area contributed by atoms with Gasteiger partial charge in [-0.05, 0) is 31.1 Å². The number of hydrogen-bond donors (Lipinski definition) is 1. The summed E-state index contributed by atoms with van der Waals surface area (Å²) in [4.78, 5) is 9.01. The lowest BCUT2D eigenvalue weighted by Crippen LogP contribution is -2.24. The van der Waals surface area contributed by atoms with Crippen LogP contribution in [0.15, 0.2) is 0 Å². The Morgan fingerprint density at radius 1 is 1.37 bits per heavy atom. The molecule has 0 spiro atoms. The van der Waals surface area contributed by atoms with E-state index in [9.17, 15) is 0 Å². The maximum Gasteiger partial charge on any atom is 0.136 e. The standard InChI is InChI=1S/C15H22ClN3/c1-4-5-10(17)8-13-18-12-6-7-15(2,3)9-11(12)14(16)19-13/h17H,4-9H2,1-3H3. The van der Waals surface area contributed by atoms with Gasteiger partial charge >= 0.3 is 0 Å². The molecule has 0 unspecified atom stereocenters. The number of fused-ring (bicyclic) bond motifs is 1. The summed E-state index contributed by atoms with van der Waals surface area (Å²) in [7, 11) is 0. The van der Waals surface area contributed by atoms with Gasteiger partial charge < -0.3 is 5.41 Å². The topological polar surface area (TPSA) is 49.6 Å². The predicted octanol–water partition coefficient (Wildman–Crippen LogP) is 4.01. The number of rotatable bonds is 4. The molecule has 0 fully saturated rings. The van der Waals surface area contributed by atoms with Crippen LogP contribution in [0.4, 0.5) is 0 Å². The van der Waals surface area contributed by atoms with Crippen molar-refractivity contribution in [2.75, 3.05) is 0 Å². The first-order chi connectivity index (χ1) is 8.91. The van der Waals surface area contributed by atoms with Gasteiger partial charge in [-0.2, -0.15) is 0 Å².